The van der Waals surface area contributed by atoms with Crippen LogP contribution in [0, 0.1) is 12.7 Å². The fraction of sp³-hybridized carbons (Fsp3) is 0.310. The summed E-state index contributed by atoms with van der Waals surface area (Å²) < 4.78 is 70.1. The SMILES string of the molecule is CCc1c(N2CCN(C(=O)c3ncnc(C)c3OCc3ccccc3)CC2)c(=O)n2nc(-c3ccc4c(c3F)CCOC4)nc2n1CC(=O)Nc1ccc(C(F)(F)F)cc1Cl. The van der Waals surface area contributed by atoms with Gasteiger partial charge in [-0.3, -0.25) is 14.4 Å². The van der Waals surface area contributed by atoms with Gasteiger partial charge in [0.2, 0.25) is 11.7 Å². The van der Waals surface area contributed by atoms with Crippen molar-refractivity contribution in [2.45, 2.75) is 52.6 Å². The van der Waals surface area contributed by atoms with Gasteiger partial charge < -0.3 is 29.2 Å². The van der Waals surface area contributed by atoms with Crippen LogP contribution in [0.2, 0.25) is 5.02 Å². The maximum Gasteiger partial charge on any atom is 0.416 e. The predicted molar refractivity (Wildman–Crippen MR) is 216 cm³/mol. The molecule has 0 bridgehead atoms. The number of anilines is 2. The van der Waals surface area contributed by atoms with Crippen molar-refractivity contribution in [3.05, 3.63) is 128 Å². The van der Waals surface area contributed by atoms with Gasteiger partial charge in [-0.25, -0.2) is 14.4 Å². The summed E-state index contributed by atoms with van der Waals surface area (Å²) in [5.74, 6) is -1.51. The molecule has 3 aromatic heterocycles. The highest BCUT2D eigenvalue weighted by atomic mass is 35.5. The predicted octanol–water partition coefficient (Wildman–Crippen LogP) is 6.28. The third-order valence-corrected chi connectivity index (χ3v) is 11.0. The van der Waals surface area contributed by atoms with Crippen molar-refractivity contribution in [1.29, 1.82) is 0 Å². The van der Waals surface area contributed by atoms with Gasteiger partial charge in [-0.1, -0.05) is 54.9 Å². The van der Waals surface area contributed by atoms with Crippen LogP contribution in [0.1, 0.15) is 51.1 Å². The molecule has 1 N–H and O–H groups in total. The van der Waals surface area contributed by atoms with Gasteiger partial charge in [-0.15, -0.1) is 5.10 Å². The molecule has 8 rings (SSSR count). The van der Waals surface area contributed by atoms with Crippen LogP contribution in [-0.4, -0.2) is 78.6 Å². The van der Waals surface area contributed by atoms with Crippen molar-refractivity contribution in [2.24, 2.45) is 0 Å². The summed E-state index contributed by atoms with van der Waals surface area (Å²) in [5, 5.41) is 6.72. The molecule has 3 aromatic carbocycles. The summed E-state index contributed by atoms with van der Waals surface area (Å²) >= 11 is 6.17. The van der Waals surface area contributed by atoms with E-state index in [0.717, 1.165) is 22.2 Å². The number of nitrogens with one attached hydrogen (secondary N) is 1. The van der Waals surface area contributed by atoms with Gasteiger partial charge in [-0.2, -0.15) is 22.7 Å². The summed E-state index contributed by atoms with van der Waals surface area (Å²) in [6.07, 6.45) is -2.80. The second-order valence-corrected chi connectivity index (χ2v) is 14.9. The molecule has 0 radical (unpaired) electrons. The Morgan fingerprint density at radius 1 is 1.02 bits per heavy atom. The maximum absolute atomic E-state index is 16.0. The highest BCUT2D eigenvalue weighted by molar-refractivity contribution is 6.33. The van der Waals surface area contributed by atoms with Crippen LogP contribution in [0.4, 0.5) is 28.9 Å². The molecule has 0 spiro atoms. The molecule has 61 heavy (non-hydrogen) atoms. The number of ether oxygens (including phenoxy) is 2. The summed E-state index contributed by atoms with van der Waals surface area (Å²) in [6, 6.07) is 15.3. The molecule has 0 saturated carbocycles. The molecule has 316 valence electrons. The first-order chi connectivity index (χ1) is 29.3. The Labute approximate surface area is 350 Å². The van der Waals surface area contributed by atoms with Crippen molar-refractivity contribution in [3.8, 4) is 17.1 Å². The number of hydrogen-bond acceptors (Lipinski definition) is 10. The molecule has 2 aliphatic heterocycles. The van der Waals surface area contributed by atoms with E-state index < -0.39 is 35.6 Å². The van der Waals surface area contributed by atoms with Crippen LogP contribution >= 0.6 is 11.6 Å². The number of rotatable bonds is 10. The van der Waals surface area contributed by atoms with Crippen molar-refractivity contribution >= 4 is 40.6 Å². The standard InChI is InChI=1S/C42H38ClF4N9O5/c1-3-32-36(53-14-16-54(17-15-53)39(58)35-37(24(2)48-23-49-35)61-21-25-7-5-4-6-8-25)40(59)56-41(51-38(52-56)29-11-9-26-22-60-18-13-28(26)34(29)44)55(32)20-33(57)50-31-12-10-27(19-30(31)43)42(45,46)47/h4-12,19,23H,3,13-18,20-22H2,1-2H3,(H,50,57). The zero-order valence-corrected chi connectivity index (χ0v) is 33.7. The molecule has 0 aliphatic carbocycles. The van der Waals surface area contributed by atoms with E-state index >= 15 is 4.39 Å². The average molecular weight is 860 g/mol. The summed E-state index contributed by atoms with van der Waals surface area (Å²) in [4.78, 5) is 58.7. The van der Waals surface area contributed by atoms with Crippen molar-refractivity contribution in [3.63, 3.8) is 0 Å². The number of aromatic nitrogens is 6. The zero-order chi connectivity index (χ0) is 43.0. The Balaban J connectivity index is 1.12. The molecule has 0 atom stereocenters. The van der Waals surface area contributed by atoms with Crippen molar-refractivity contribution < 1.29 is 36.6 Å². The normalized spacial score (nSPS) is 14.3. The van der Waals surface area contributed by atoms with Crippen LogP contribution in [0.5, 0.6) is 5.75 Å². The quantitative estimate of drug-likeness (QED) is 0.156. The first-order valence-corrected chi connectivity index (χ1v) is 19.8. The third kappa shape index (κ3) is 8.24. The maximum atomic E-state index is 16.0. The van der Waals surface area contributed by atoms with Crippen LogP contribution in [0.3, 0.4) is 0 Å². The van der Waals surface area contributed by atoms with Gasteiger partial charge in [0.1, 0.15) is 31.0 Å². The topological polar surface area (TPSA) is 149 Å². The average Bonchev–Trinajstić information content (AvgIpc) is 3.70. The summed E-state index contributed by atoms with van der Waals surface area (Å²) in [6.45, 7) is 4.57. The molecule has 14 nitrogen and oxygen atoms in total. The first kappa shape index (κ1) is 41.3. The molecular formula is C42H38ClF4N9O5. The van der Waals surface area contributed by atoms with E-state index in [9.17, 15) is 27.6 Å². The van der Waals surface area contributed by atoms with Crippen molar-refractivity contribution in [1.82, 2.24) is 34.0 Å². The number of carbonyl (C=O) groups is 2. The van der Waals surface area contributed by atoms with Gasteiger partial charge in [0.25, 0.3) is 11.5 Å². The number of alkyl halides is 3. The summed E-state index contributed by atoms with van der Waals surface area (Å²) in [5.41, 5.74) is 1.63. The van der Waals surface area contributed by atoms with Crippen LogP contribution in [0.15, 0.2) is 71.8 Å². The van der Waals surface area contributed by atoms with Gasteiger partial charge in [-0.05, 0) is 60.7 Å². The minimum Gasteiger partial charge on any atom is -0.485 e. The van der Waals surface area contributed by atoms with Gasteiger partial charge in [0, 0.05) is 26.2 Å². The van der Waals surface area contributed by atoms with E-state index in [1.54, 1.807) is 29.7 Å². The van der Waals surface area contributed by atoms with E-state index in [4.69, 9.17) is 21.1 Å². The Hall–Kier alpha value is -6.40. The van der Waals surface area contributed by atoms with E-state index in [2.05, 4.69) is 25.4 Å². The minimum atomic E-state index is -4.65. The number of fused-ring (bicyclic) bond motifs is 2. The van der Waals surface area contributed by atoms with Gasteiger partial charge in [0.15, 0.2) is 17.3 Å². The fourth-order valence-electron chi connectivity index (χ4n) is 7.56. The molecule has 19 heteroatoms. The van der Waals surface area contributed by atoms with E-state index in [0.29, 0.717) is 41.6 Å². The minimum absolute atomic E-state index is 0.0510. The van der Waals surface area contributed by atoms with E-state index in [1.165, 1.54) is 17.0 Å². The van der Waals surface area contributed by atoms with Crippen molar-refractivity contribution in [2.75, 3.05) is 43.0 Å². The second kappa shape index (κ2) is 16.9. The number of benzene rings is 3. The van der Waals surface area contributed by atoms with Crippen LogP contribution in [-0.2, 0) is 48.3 Å². The highest BCUT2D eigenvalue weighted by Gasteiger charge is 2.33. The zero-order valence-electron chi connectivity index (χ0n) is 32.9. The second-order valence-electron chi connectivity index (χ2n) is 14.5. The highest BCUT2D eigenvalue weighted by Crippen LogP contribution is 2.34. The molecule has 0 unspecified atom stereocenters. The molecule has 1 saturated heterocycles. The van der Waals surface area contributed by atoms with Gasteiger partial charge >= 0.3 is 6.18 Å². The summed E-state index contributed by atoms with van der Waals surface area (Å²) in [7, 11) is 0. The molecule has 2 amide bonds. The van der Waals surface area contributed by atoms with E-state index in [1.807, 2.05) is 30.3 Å². The third-order valence-electron chi connectivity index (χ3n) is 10.7. The smallest absolute Gasteiger partial charge is 0.416 e. The lowest BCUT2D eigenvalue weighted by Crippen LogP contribution is -2.51. The number of amides is 2. The molecule has 5 heterocycles. The Morgan fingerprint density at radius 2 is 1.79 bits per heavy atom. The lowest BCUT2D eigenvalue weighted by molar-refractivity contribution is -0.137. The Kier molecular flexibility index (Phi) is 11.5. The van der Waals surface area contributed by atoms with Crippen LogP contribution in [0.25, 0.3) is 17.2 Å². The largest absolute Gasteiger partial charge is 0.485 e. The van der Waals surface area contributed by atoms with E-state index in [-0.39, 0.29) is 96.7 Å². The Morgan fingerprint density at radius 3 is 2.51 bits per heavy atom. The molecule has 1 fully saturated rings. The fourth-order valence-corrected chi connectivity index (χ4v) is 7.79. The molecular weight excluding hydrogens is 822 g/mol. The monoisotopic (exact) mass is 859 g/mol. The lowest BCUT2D eigenvalue weighted by atomic mass is 9.99. The number of piperazine rings is 1. The number of carbonyl (C=O) groups excluding carboxylic acids is 2. The Bertz CT molecular complexity index is 2720. The molecule has 2 aliphatic rings. The number of halogens is 5. The van der Waals surface area contributed by atoms with Crippen LogP contribution < -0.4 is 20.5 Å². The first-order valence-electron chi connectivity index (χ1n) is 19.4. The number of nitrogens with zero attached hydrogens (tertiary/aromatic N) is 8. The molecule has 6 aromatic rings. The number of aryl methyl sites for hydroxylation is 1. The number of hydrogen-bond donors (Lipinski definition) is 1. The lowest BCUT2D eigenvalue weighted by Gasteiger charge is -2.36. The van der Waals surface area contributed by atoms with Gasteiger partial charge in [0.05, 0.1) is 46.4 Å².